The van der Waals surface area contributed by atoms with Crippen LogP contribution in [0, 0.1) is 0 Å². The SMILES string of the molecule is COc1ccc(CNCCC2CCCCO2)cc1OC. The van der Waals surface area contributed by atoms with Gasteiger partial charge in [0.1, 0.15) is 0 Å². The fraction of sp³-hybridized carbons (Fsp3) is 0.625. The Kier molecular flexibility index (Phi) is 6.15. The van der Waals surface area contributed by atoms with Crippen LogP contribution in [-0.2, 0) is 11.3 Å². The Morgan fingerprint density at radius 1 is 1.20 bits per heavy atom. The van der Waals surface area contributed by atoms with Crippen molar-refractivity contribution in [2.45, 2.75) is 38.3 Å². The Morgan fingerprint density at radius 3 is 2.75 bits per heavy atom. The summed E-state index contributed by atoms with van der Waals surface area (Å²) in [7, 11) is 3.31. The van der Waals surface area contributed by atoms with Crippen molar-refractivity contribution < 1.29 is 14.2 Å². The van der Waals surface area contributed by atoms with E-state index in [-0.39, 0.29) is 0 Å². The number of rotatable bonds is 7. The second kappa shape index (κ2) is 8.12. The molecule has 1 saturated heterocycles. The van der Waals surface area contributed by atoms with Gasteiger partial charge in [0.2, 0.25) is 0 Å². The number of hydrogen-bond acceptors (Lipinski definition) is 4. The van der Waals surface area contributed by atoms with Gasteiger partial charge in [0.15, 0.2) is 11.5 Å². The zero-order chi connectivity index (χ0) is 14.2. The summed E-state index contributed by atoms with van der Waals surface area (Å²) >= 11 is 0. The normalized spacial score (nSPS) is 18.8. The van der Waals surface area contributed by atoms with Gasteiger partial charge in [0.25, 0.3) is 0 Å². The topological polar surface area (TPSA) is 39.7 Å². The standard InChI is InChI=1S/C16H25NO3/c1-18-15-7-6-13(11-16(15)19-2)12-17-9-8-14-5-3-4-10-20-14/h6-7,11,14,17H,3-5,8-10,12H2,1-2H3. The molecular formula is C16H25NO3. The quantitative estimate of drug-likeness (QED) is 0.779. The van der Waals surface area contributed by atoms with Crippen molar-refractivity contribution in [1.82, 2.24) is 5.32 Å². The minimum absolute atomic E-state index is 0.446. The molecule has 0 aromatic heterocycles. The smallest absolute Gasteiger partial charge is 0.161 e. The van der Waals surface area contributed by atoms with Crippen molar-refractivity contribution in [2.24, 2.45) is 0 Å². The maximum Gasteiger partial charge on any atom is 0.161 e. The van der Waals surface area contributed by atoms with Crippen LogP contribution < -0.4 is 14.8 Å². The van der Waals surface area contributed by atoms with E-state index in [0.717, 1.165) is 37.6 Å². The third-order valence-corrected chi connectivity index (χ3v) is 3.69. The molecule has 1 heterocycles. The van der Waals surface area contributed by atoms with Crippen molar-refractivity contribution in [2.75, 3.05) is 27.4 Å². The van der Waals surface area contributed by atoms with Gasteiger partial charge in [-0.15, -0.1) is 0 Å². The lowest BCUT2D eigenvalue weighted by Crippen LogP contribution is -2.25. The summed E-state index contributed by atoms with van der Waals surface area (Å²) in [6.07, 6.45) is 5.27. The fourth-order valence-electron chi connectivity index (χ4n) is 2.52. The lowest BCUT2D eigenvalue weighted by molar-refractivity contribution is 0.0115. The molecule has 1 aromatic carbocycles. The molecule has 0 aliphatic carbocycles. The highest BCUT2D eigenvalue weighted by Crippen LogP contribution is 2.27. The summed E-state index contributed by atoms with van der Waals surface area (Å²) < 4.78 is 16.3. The highest BCUT2D eigenvalue weighted by atomic mass is 16.5. The van der Waals surface area contributed by atoms with Crippen LogP contribution in [0.5, 0.6) is 11.5 Å². The van der Waals surface area contributed by atoms with Crippen LogP contribution in [0.1, 0.15) is 31.2 Å². The zero-order valence-electron chi connectivity index (χ0n) is 12.5. The number of nitrogens with one attached hydrogen (secondary N) is 1. The summed E-state index contributed by atoms with van der Waals surface area (Å²) in [6, 6.07) is 6.02. The van der Waals surface area contributed by atoms with E-state index < -0.39 is 0 Å². The Labute approximate surface area is 121 Å². The van der Waals surface area contributed by atoms with E-state index in [9.17, 15) is 0 Å². The fourth-order valence-corrected chi connectivity index (χ4v) is 2.52. The molecule has 1 fully saturated rings. The molecule has 1 aliphatic heterocycles. The van der Waals surface area contributed by atoms with E-state index >= 15 is 0 Å². The first-order chi connectivity index (χ1) is 9.83. The molecule has 2 rings (SSSR count). The van der Waals surface area contributed by atoms with Gasteiger partial charge in [0, 0.05) is 13.2 Å². The second-order valence-electron chi connectivity index (χ2n) is 5.14. The Bertz CT molecular complexity index is 403. The summed E-state index contributed by atoms with van der Waals surface area (Å²) in [6.45, 7) is 2.76. The molecule has 0 bridgehead atoms. The number of hydrogen-bond donors (Lipinski definition) is 1. The molecule has 1 aliphatic rings. The van der Waals surface area contributed by atoms with Crippen LogP contribution in [-0.4, -0.2) is 33.5 Å². The van der Waals surface area contributed by atoms with Crippen molar-refractivity contribution in [1.29, 1.82) is 0 Å². The number of methoxy groups -OCH3 is 2. The predicted octanol–water partition coefficient (Wildman–Crippen LogP) is 2.75. The number of ether oxygens (including phenoxy) is 3. The Hall–Kier alpha value is -1.26. The first kappa shape index (κ1) is 15.1. The molecular weight excluding hydrogens is 254 g/mol. The highest BCUT2D eigenvalue weighted by Gasteiger charge is 2.12. The molecule has 20 heavy (non-hydrogen) atoms. The third kappa shape index (κ3) is 4.39. The highest BCUT2D eigenvalue weighted by molar-refractivity contribution is 5.42. The van der Waals surface area contributed by atoms with E-state index in [4.69, 9.17) is 14.2 Å². The van der Waals surface area contributed by atoms with Crippen LogP contribution in [0.2, 0.25) is 0 Å². The molecule has 1 aromatic rings. The molecule has 0 saturated carbocycles. The van der Waals surface area contributed by atoms with Crippen molar-refractivity contribution in [3.8, 4) is 11.5 Å². The lowest BCUT2D eigenvalue weighted by Gasteiger charge is -2.22. The van der Waals surface area contributed by atoms with Crippen LogP contribution in [0.3, 0.4) is 0 Å². The Morgan fingerprint density at radius 2 is 2.05 bits per heavy atom. The van der Waals surface area contributed by atoms with Gasteiger partial charge >= 0.3 is 0 Å². The largest absolute Gasteiger partial charge is 0.493 e. The summed E-state index contributed by atoms with van der Waals surface area (Å²) in [5.41, 5.74) is 1.20. The predicted molar refractivity (Wildman–Crippen MR) is 79.5 cm³/mol. The molecule has 112 valence electrons. The number of benzene rings is 1. The maximum atomic E-state index is 5.72. The van der Waals surface area contributed by atoms with Crippen molar-refractivity contribution >= 4 is 0 Å². The molecule has 1 atom stereocenters. The van der Waals surface area contributed by atoms with Gasteiger partial charge in [-0.05, 0) is 49.9 Å². The van der Waals surface area contributed by atoms with E-state index in [0.29, 0.717) is 6.10 Å². The van der Waals surface area contributed by atoms with Crippen LogP contribution in [0.4, 0.5) is 0 Å². The molecule has 0 radical (unpaired) electrons. The van der Waals surface area contributed by atoms with Crippen LogP contribution in [0.25, 0.3) is 0 Å². The average molecular weight is 279 g/mol. The molecule has 1 unspecified atom stereocenters. The van der Waals surface area contributed by atoms with E-state index in [1.165, 1.54) is 24.8 Å². The van der Waals surface area contributed by atoms with E-state index in [2.05, 4.69) is 11.4 Å². The van der Waals surface area contributed by atoms with Gasteiger partial charge < -0.3 is 19.5 Å². The summed E-state index contributed by atoms with van der Waals surface area (Å²) in [4.78, 5) is 0. The van der Waals surface area contributed by atoms with Gasteiger partial charge in [-0.25, -0.2) is 0 Å². The monoisotopic (exact) mass is 279 g/mol. The summed E-state index contributed by atoms with van der Waals surface area (Å²) in [5.74, 6) is 1.55. The van der Waals surface area contributed by atoms with Crippen molar-refractivity contribution in [3.63, 3.8) is 0 Å². The minimum atomic E-state index is 0.446. The van der Waals surface area contributed by atoms with Gasteiger partial charge in [-0.2, -0.15) is 0 Å². The Balaban J connectivity index is 1.73. The zero-order valence-corrected chi connectivity index (χ0v) is 12.5. The molecule has 4 heteroatoms. The molecule has 1 N–H and O–H groups in total. The second-order valence-corrected chi connectivity index (χ2v) is 5.14. The maximum absolute atomic E-state index is 5.72. The first-order valence-electron chi connectivity index (χ1n) is 7.36. The van der Waals surface area contributed by atoms with Gasteiger partial charge in [0.05, 0.1) is 20.3 Å². The lowest BCUT2D eigenvalue weighted by atomic mass is 10.1. The average Bonchev–Trinajstić information content (AvgIpc) is 2.52. The minimum Gasteiger partial charge on any atom is -0.493 e. The van der Waals surface area contributed by atoms with E-state index in [1.54, 1.807) is 14.2 Å². The van der Waals surface area contributed by atoms with Crippen molar-refractivity contribution in [3.05, 3.63) is 23.8 Å². The van der Waals surface area contributed by atoms with E-state index in [1.807, 2.05) is 12.1 Å². The third-order valence-electron chi connectivity index (χ3n) is 3.69. The molecule has 0 amide bonds. The molecule has 4 nitrogen and oxygen atoms in total. The van der Waals surface area contributed by atoms with Gasteiger partial charge in [-0.3, -0.25) is 0 Å². The van der Waals surface area contributed by atoms with Crippen LogP contribution in [0.15, 0.2) is 18.2 Å². The van der Waals surface area contributed by atoms with Crippen LogP contribution >= 0.6 is 0 Å². The molecule has 0 spiro atoms. The first-order valence-corrected chi connectivity index (χ1v) is 7.36. The summed E-state index contributed by atoms with van der Waals surface area (Å²) in [5, 5.41) is 3.46. The van der Waals surface area contributed by atoms with Gasteiger partial charge in [-0.1, -0.05) is 6.07 Å².